The summed E-state index contributed by atoms with van der Waals surface area (Å²) in [5.74, 6) is 1.04. The molecule has 0 radical (unpaired) electrons. The third kappa shape index (κ3) is 6.14. The number of amides is 1. The quantitative estimate of drug-likeness (QED) is 0.556. The minimum atomic E-state index is -3.74. The second-order valence-corrected chi connectivity index (χ2v) is 8.73. The van der Waals surface area contributed by atoms with Gasteiger partial charge in [-0.1, -0.05) is 42.5 Å². The van der Waals surface area contributed by atoms with E-state index in [4.69, 9.17) is 9.88 Å². The summed E-state index contributed by atoms with van der Waals surface area (Å²) in [5.41, 5.74) is 1.45. The van der Waals surface area contributed by atoms with E-state index in [9.17, 15) is 13.2 Å². The summed E-state index contributed by atoms with van der Waals surface area (Å²) in [6.07, 6.45) is 0. The standard InChI is InChI=1S/C23H25N3O4S/c1-17(18-12-14-20(15-13-18)31(24,28)29)26(2)16-23(27)25-21-10-6-7-11-22(21)30-19-8-4-3-5-9-19/h3-15,17H,16H2,1-2H3,(H,25,27)(H2,24,28,29). The number of likely N-dealkylation sites (N-methyl/N-ethyl adjacent to an activating group) is 1. The van der Waals surface area contributed by atoms with Gasteiger partial charge in [0.2, 0.25) is 15.9 Å². The Morgan fingerprint density at radius 2 is 1.61 bits per heavy atom. The predicted octanol–water partition coefficient (Wildman–Crippen LogP) is 3.76. The minimum absolute atomic E-state index is 0.0545. The van der Waals surface area contributed by atoms with Crippen LogP contribution in [0.1, 0.15) is 18.5 Å². The highest BCUT2D eigenvalue weighted by Crippen LogP contribution is 2.29. The van der Waals surface area contributed by atoms with Crippen LogP contribution in [-0.2, 0) is 14.8 Å². The van der Waals surface area contributed by atoms with Gasteiger partial charge in [0.05, 0.1) is 17.1 Å². The number of nitrogens with zero attached hydrogens (tertiary/aromatic N) is 1. The highest BCUT2D eigenvalue weighted by Gasteiger charge is 2.17. The first-order chi connectivity index (χ1) is 14.7. The molecule has 0 aliphatic heterocycles. The molecule has 3 rings (SSSR count). The zero-order valence-electron chi connectivity index (χ0n) is 17.4. The van der Waals surface area contributed by atoms with E-state index >= 15 is 0 Å². The first-order valence-corrected chi connectivity index (χ1v) is 11.2. The predicted molar refractivity (Wildman–Crippen MR) is 120 cm³/mol. The second kappa shape index (κ2) is 9.74. The molecule has 0 bridgehead atoms. The molecule has 3 aromatic rings. The summed E-state index contributed by atoms with van der Waals surface area (Å²) in [5, 5.41) is 8.04. The van der Waals surface area contributed by atoms with Crippen LogP contribution in [0, 0.1) is 0 Å². The Morgan fingerprint density at radius 1 is 1.00 bits per heavy atom. The molecule has 0 spiro atoms. The number of sulfonamides is 1. The van der Waals surface area contributed by atoms with Gasteiger partial charge in [-0.3, -0.25) is 9.69 Å². The number of ether oxygens (including phenoxy) is 1. The fraction of sp³-hybridized carbons (Fsp3) is 0.174. The highest BCUT2D eigenvalue weighted by molar-refractivity contribution is 7.89. The Balaban J connectivity index is 1.64. The maximum atomic E-state index is 12.6. The lowest BCUT2D eigenvalue weighted by molar-refractivity contribution is -0.117. The van der Waals surface area contributed by atoms with Crippen LogP contribution in [0.2, 0.25) is 0 Å². The number of nitrogens with two attached hydrogens (primary N) is 1. The first kappa shape index (κ1) is 22.5. The van der Waals surface area contributed by atoms with Crippen molar-refractivity contribution in [1.82, 2.24) is 4.90 Å². The van der Waals surface area contributed by atoms with Crippen molar-refractivity contribution in [2.45, 2.75) is 17.9 Å². The SMILES string of the molecule is CC(c1ccc(S(N)(=O)=O)cc1)N(C)CC(=O)Nc1ccccc1Oc1ccccc1. The van der Waals surface area contributed by atoms with Crippen molar-refractivity contribution in [2.75, 3.05) is 18.9 Å². The van der Waals surface area contributed by atoms with Gasteiger partial charge >= 0.3 is 0 Å². The third-order valence-electron chi connectivity index (χ3n) is 4.88. The van der Waals surface area contributed by atoms with Crippen molar-refractivity contribution < 1.29 is 17.9 Å². The molecule has 0 aliphatic rings. The van der Waals surface area contributed by atoms with Crippen LogP contribution in [-0.4, -0.2) is 32.8 Å². The normalized spacial score (nSPS) is 12.4. The minimum Gasteiger partial charge on any atom is -0.455 e. The topological polar surface area (TPSA) is 102 Å². The van der Waals surface area contributed by atoms with E-state index in [1.165, 1.54) is 12.1 Å². The molecule has 162 valence electrons. The largest absolute Gasteiger partial charge is 0.455 e. The van der Waals surface area contributed by atoms with Crippen LogP contribution in [0.15, 0.2) is 83.8 Å². The third-order valence-corrected chi connectivity index (χ3v) is 5.81. The summed E-state index contributed by atoms with van der Waals surface area (Å²) >= 11 is 0. The molecule has 3 N–H and O–H groups in total. The van der Waals surface area contributed by atoms with Gasteiger partial charge in [0.15, 0.2) is 5.75 Å². The lowest BCUT2D eigenvalue weighted by atomic mass is 10.1. The Kier molecular flexibility index (Phi) is 7.06. The van der Waals surface area contributed by atoms with Crippen molar-refractivity contribution >= 4 is 21.6 Å². The lowest BCUT2D eigenvalue weighted by Gasteiger charge is -2.25. The van der Waals surface area contributed by atoms with Crippen LogP contribution in [0.3, 0.4) is 0 Å². The molecule has 0 fully saturated rings. The summed E-state index contributed by atoms with van der Waals surface area (Å²) in [6, 6.07) is 22.8. The van der Waals surface area contributed by atoms with Gasteiger partial charge in [0, 0.05) is 6.04 Å². The number of nitrogens with one attached hydrogen (secondary N) is 1. The molecular weight excluding hydrogens is 414 g/mol. The molecule has 1 atom stereocenters. The number of rotatable bonds is 8. The average molecular weight is 440 g/mol. The van der Waals surface area contributed by atoms with Crippen molar-refractivity contribution in [2.24, 2.45) is 5.14 Å². The van der Waals surface area contributed by atoms with Gasteiger partial charge in [0.1, 0.15) is 5.75 Å². The van der Waals surface area contributed by atoms with Gasteiger partial charge in [-0.15, -0.1) is 0 Å². The van der Waals surface area contributed by atoms with E-state index in [2.05, 4.69) is 5.32 Å². The van der Waals surface area contributed by atoms with Crippen molar-refractivity contribution in [1.29, 1.82) is 0 Å². The Hall–Kier alpha value is -3.20. The molecule has 3 aromatic carbocycles. The molecule has 1 unspecified atom stereocenters. The number of carbonyl (C=O) groups is 1. The zero-order chi connectivity index (χ0) is 22.4. The van der Waals surface area contributed by atoms with E-state index in [1.807, 2.05) is 61.3 Å². The van der Waals surface area contributed by atoms with Crippen LogP contribution in [0.25, 0.3) is 0 Å². The molecule has 0 saturated carbocycles. The van der Waals surface area contributed by atoms with Gasteiger partial charge in [0.25, 0.3) is 0 Å². The zero-order valence-corrected chi connectivity index (χ0v) is 18.2. The van der Waals surface area contributed by atoms with Gasteiger partial charge in [-0.05, 0) is 55.9 Å². The fourth-order valence-electron chi connectivity index (χ4n) is 3.02. The smallest absolute Gasteiger partial charge is 0.238 e. The van der Waals surface area contributed by atoms with Gasteiger partial charge in [-0.2, -0.15) is 0 Å². The van der Waals surface area contributed by atoms with Crippen molar-refractivity contribution in [3.63, 3.8) is 0 Å². The lowest BCUT2D eigenvalue weighted by Crippen LogP contribution is -2.32. The summed E-state index contributed by atoms with van der Waals surface area (Å²) in [7, 11) is -1.91. The van der Waals surface area contributed by atoms with E-state index in [-0.39, 0.29) is 23.4 Å². The van der Waals surface area contributed by atoms with E-state index in [1.54, 1.807) is 24.3 Å². The average Bonchev–Trinajstić information content (AvgIpc) is 2.74. The highest BCUT2D eigenvalue weighted by atomic mass is 32.2. The molecule has 1 amide bonds. The van der Waals surface area contributed by atoms with Crippen LogP contribution in [0.5, 0.6) is 11.5 Å². The molecule has 31 heavy (non-hydrogen) atoms. The number of anilines is 1. The monoisotopic (exact) mass is 439 g/mol. The van der Waals surface area contributed by atoms with Gasteiger partial charge < -0.3 is 10.1 Å². The molecular formula is C23H25N3O4S. The number of benzene rings is 3. The van der Waals surface area contributed by atoms with Crippen LogP contribution in [0.4, 0.5) is 5.69 Å². The molecule has 0 aromatic heterocycles. The maximum Gasteiger partial charge on any atom is 0.238 e. The van der Waals surface area contributed by atoms with E-state index in [0.29, 0.717) is 17.2 Å². The molecule has 0 heterocycles. The molecule has 7 nitrogen and oxygen atoms in total. The second-order valence-electron chi connectivity index (χ2n) is 7.16. The fourth-order valence-corrected chi connectivity index (χ4v) is 3.53. The summed E-state index contributed by atoms with van der Waals surface area (Å²) in [4.78, 5) is 14.6. The number of hydrogen-bond acceptors (Lipinski definition) is 5. The summed E-state index contributed by atoms with van der Waals surface area (Å²) in [6.45, 7) is 2.07. The van der Waals surface area contributed by atoms with Gasteiger partial charge in [-0.25, -0.2) is 13.6 Å². The van der Waals surface area contributed by atoms with Crippen LogP contribution >= 0.6 is 0 Å². The maximum absolute atomic E-state index is 12.6. The Bertz CT molecular complexity index is 1130. The van der Waals surface area contributed by atoms with E-state index in [0.717, 1.165) is 5.56 Å². The molecule has 8 heteroatoms. The molecule has 0 saturated heterocycles. The van der Waals surface area contributed by atoms with Crippen molar-refractivity contribution in [3.05, 3.63) is 84.4 Å². The number of hydrogen-bond donors (Lipinski definition) is 2. The number of carbonyl (C=O) groups excluding carboxylic acids is 1. The number of primary sulfonamides is 1. The summed E-state index contributed by atoms with van der Waals surface area (Å²) < 4.78 is 28.7. The van der Waals surface area contributed by atoms with Crippen LogP contribution < -0.4 is 15.2 Å². The first-order valence-electron chi connectivity index (χ1n) is 9.69. The Labute approximate surface area is 182 Å². The van der Waals surface area contributed by atoms with E-state index < -0.39 is 10.0 Å². The number of para-hydroxylation sites is 3. The Morgan fingerprint density at radius 3 is 2.26 bits per heavy atom. The van der Waals surface area contributed by atoms with Crippen molar-refractivity contribution in [3.8, 4) is 11.5 Å². The molecule has 0 aliphatic carbocycles.